The third kappa shape index (κ3) is 5.09. The Bertz CT molecular complexity index is 357. The molecule has 1 rings (SSSR count). The van der Waals surface area contributed by atoms with Crippen LogP contribution in [0.4, 0.5) is 0 Å². The number of rotatable bonds is 4. The molecule has 1 fully saturated rings. The highest BCUT2D eigenvalue weighted by molar-refractivity contribution is 5.87. The van der Waals surface area contributed by atoms with E-state index in [1.807, 2.05) is 0 Å². The molecule has 2 N–H and O–H groups in total. The molecule has 1 heterocycles. The molecule has 0 aromatic rings. The van der Waals surface area contributed by atoms with Crippen molar-refractivity contribution in [2.45, 2.75) is 39.2 Å². The van der Waals surface area contributed by atoms with Crippen molar-refractivity contribution in [2.75, 3.05) is 33.4 Å². The van der Waals surface area contributed by atoms with Gasteiger partial charge in [-0.1, -0.05) is 20.8 Å². The maximum absolute atomic E-state index is 12.0. The zero-order chi connectivity index (χ0) is 15.4. The molecule has 1 saturated heterocycles. The minimum Gasteiger partial charge on any atom is -0.388 e. The van der Waals surface area contributed by atoms with E-state index in [9.17, 15) is 14.7 Å². The maximum Gasteiger partial charge on any atom is 0.241 e. The Balaban J connectivity index is 2.41. The summed E-state index contributed by atoms with van der Waals surface area (Å²) >= 11 is 0. The smallest absolute Gasteiger partial charge is 0.241 e. The van der Waals surface area contributed by atoms with Crippen LogP contribution in [0.3, 0.4) is 0 Å². The lowest BCUT2D eigenvalue weighted by Crippen LogP contribution is -2.50. The first kappa shape index (κ1) is 16.9. The summed E-state index contributed by atoms with van der Waals surface area (Å²) in [6, 6.07) is 0. The fourth-order valence-corrected chi connectivity index (χ4v) is 2.00. The highest BCUT2D eigenvalue weighted by Gasteiger charge is 2.32. The molecule has 0 aliphatic carbocycles. The van der Waals surface area contributed by atoms with Crippen LogP contribution < -0.4 is 5.32 Å². The molecule has 1 aliphatic heterocycles. The van der Waals surface area contributed by atoms with E-state index in [0.717, 1.165) is 0 Å². The summed E-state index contributed by atoms with van der Waals surface area (Å²) in [5, 5.41) is 13.0. The number of ether oxygens (including phenoxy) is 1. The van der Waals surface area contributed by atoms with Crippen molar-refractivity contribution < 1.29 is 19.4 Å². The van der Waals surface area contributed by atoms with Gasteiger partial charge in [-0.2, -0.15) is 0 Å². The number of nitrogens with zero attached hydrogens (tertiary/aromatic N) is 1. The van der Waals surface area contributed by atoms with Crippen LogP contribution in [0.2, 0.25) is 0 Å². The Morgan fingerprint density at radius 2 is 1.85 bits per heavy atom. The molecule has 116 valence electrons. The van der Waals surface area contributed by atoms with Gasteiger partial charge in [0, 0.05) is 45.1 Å². The van der Waals surface area contributed by atoms with Crippen LogP contribution in [0.15, 0.2) is 0 Å². The first-order chi connectivity index (χ1) is 9.14. The standard InChI is InChI=1S/C14H26N2O4/c1-13(2,3)12(18)15-9-11(17)16(4)10-14(19)5-7-20-8-6-14/h19H,5-10H2,1-4H3,(H,15,18). The van der Waals surface area contributed by atoms with Gasteiger partial charge >= 0.3 is 0 Å². The molecule has 1 aliphatic rings. The second-order valence-corrected chi connectivity index (χ2v) is 6.52. The average Bonchev–Trinajstić information content (AvgIpc) is 2.34. The zero-order valence-electron chi connectivity index (χ0n) is 12.9. The zero-order valence-corrected chi connectivity index (χ0v) is 12.9. The van der Waals surface area contributed by atoms with Crippen molar-refractivity contribution >= 4 is 11.8 Å². The molecular weight excluding hydrogens is 260 g/mol. The molecule has 0 radical (unpaired) electrons. The molecule has 0 aromatic heterocycles. The highest BCUT2D eigenvalue weighted by atomic mass is 16.5. The Hall–Kier alpha value is -1.14. The average molecular weight is 286 g/mol. The number of amides is 2. The number of hydrogen-bond donors (Lipinski definition) is 2. The van der Waals surface area contributed by atoms with E-state index in [0.29, 0.717) is 26.1 Å². The molecule has 0 unspecified atom stereocenters. The van der Waals surface area contributed by atoms with E-state index in [2.05, 4.69) is 5.32 Å². The molecule has 0 saturated carbocycles. The van der Waals surface area contributed by atoms with Crippen molar-refractivity contribution in [2.24, 2.45) is 5.41 Å². The Kier molecular flexibility index (Phi) is 5.53. The number of carbonyl (C=O) groups is 2. The number of carbonyl (C=O) groups excluding carboxylic acids is 2. The van der Waals surface area contributed by atoms with Crippen LogP contribution in [-0.4, -0.2) is 60.8 Å². The molecule has 6 heteroatoms. The predicted molar refractivity (Wildman–Crippen MR) is 75.1 cm³/mol. The minimum absolute atomic E-state index is 0.0425. The molecule has 0 atom stereocenters. The Morgan fingerprint density at radius 3 is 2.35 bits per heavy atom. The lowest BCUT2D eigenvalue weighted by molar-refractivity contribution is -0.138. The third-order valence-corrected chi connectivity index (χ3v) is 3.46. The molecule has 20 heavy (non-hydrogen) atoms. The van der Waals surface area contributed by atoms with Gasteiger partial charge in [0.2, 0.25) is 11.8 Å². The third-order valence-electron chi connectivity index (χ3n) is 3.46. The first-order valence-electron chi connectivity index (χ1n) is 6.96. The lowest BCUT2D eigenvalue weighted by atomic mass is 9.94. The summed E-state index contributed by atoms with van der Waals surface area (Å²) < 4.78 is 5.20. The van der Waals surface area contributed by atoms with Crippen molar-refractivity contribution in [3.63, 3.8) is 0 Å². The minimum atomic E-state index is -0.878. The van der Waals surface area contributed by atoms with Gasteiger partial charge < -0.3 is 20.1 Å². The molecule has 0 spiro atoms. The molecule has 0 bridgehead atoms. The van der Waals surface area contributed by atoms with Crippen molar-refractivity contribution in [3.05, 3.63) is 0 Å². The van der Waals surface area contributed by atoms with Crippen LogP contribution in [0, 0.1) is 5.41 Å². The molecular formula is C14H26N2O4. The van der Waals surface area contributed by atoms with Gasteiger partial charge in [-0.05, 0) is 0 Å². The van der Waals surface area contributed by atoms with E-state index < -0.39 is 11.0 Å². The van der Waals surface area contributed by atoms with E-state index in [1.165, 1.54) is 4.90 Å². The summed E-state index contributed by atoms with van der Waals surface area (Å²) in [7, 11) is 1.64. The van der Waals surface area contributed by atoms with Crippen LogP contribution in [-0.2, 0) is 14.3 Å². The number of hydrogen-bond acceptors (Lipinski definition) is 4. The van der Waals surface area contributed by atoms with Crippen molar-refractivity contribution in [3.8, 4) is 0 Å². The summed E-state index contributed by atoms with van der Waals surface area (Å²) in [5.74, 6) is -0.369. The normalized spacial score (nSPS) is 18.4. The number of aliphatic hydroxyl groups is 1. The largest absolute Gasteiger partial charge is 0.388 e. The Labute approximate surface area is 120 Å². The summed E-state index contributed by atoms with van der Waals surface area (Å²) in [4.78, 5) is 25.1. The fourth-order valence-electron chi connectivity index (χ4n) is 2.00. The van der Waals surface area contributed by atoms with E-state index in [1.54, 1.807) is 27.8 Å². The summed E-state index contributed by atoms with van der Waals surface area (Å²) in [6.07, 6.45) is 1.05. The van der Waals surface area contributed by atoms with E-state index in [4.69, 9.17) is 4.74 Å². The first-order valence-corrected chi connectivity index (χ1v) is 6.96. The van der Waals surface area contributed by atoms with Crippen LogP contribution in [0.1, 0.15) is 33.6 Å². The van der Waals surface area contributed by atoms with Crippen molar-refractivity contribution in [1.82, 2.24) is 10.2 Å². The van der Waals surface area contributed by atoms with Gasteiger partial charge in [-0.15, -0.1) is 0 Å². The fraction of sp³-hybridized carbons (Fsp3) is 0.857. The van der Waals surface area contributed by atoms with E-state index >= 15 is 0 Å². The van der Waals surface area contributed by atoms with Gasteiger partial charge in [-0.3, -0.25) is 9.59 Å². The predicted octanol–water partition coefficient (Wildman–Crippen LogP) is 0.149. The summed E-state index contributed by atoms with van der Waals surface area (Å²) in [5.41, 5.74) is -1.39. The van der Waals surface area contributed by atoms with E-state index in [-0.39, 0.29) is 24.9 Å². The second kappa shape index (κ2) is 6.54. The molecule has 0 aromatic carbocycles. The maximum atomic E-state index is 12.0. The number of nitrogens with one attached hydrogen (secondary N) is 1. The van der Waals surface area contributed by atoms with Gasteiger partial charge in [0.05, 0.1) is 12.1 Å². The van der Waals surface area contributed by atoms with Gasteiger partial charge in [-0.25, -0.2) is 0 Å². The van der Waals surface area contributed by atoms with Crippen LogP contribution in [0.25, 0.3) is 0 Å². The molecule has 6 nitrogen and oxygen atoms in total. The lowest BCUT2D eigenvalue weighted by Gasteiger charge is -2.35. The highest BCUT2D eigenvalue weighted by Crippen LogP contribution is 2.21. The molecule has 2 amide bonds. The van der Waals surface area contributed by atoms with Gasteiger partial charge in [0.15, 0.2) is 0 Å². The van der Waals surface area contributed by atoms with Crippen LogP contribution in [0.5, 0.6) is 0 Å². The monoisotopic (exact) mass is 286 g/mol. The van der Waals surface area contributed by atoms with Gasteiger partial charge in [0.25, 0.3) is 0 Å². The number of likely N-dealkylation sites (N-methyl/N-ethyl adjacent to an activating group) is 1. The van der Waals surface area contributed by atoms with Crippen molar-refractivity contribution in [1.29, 1.82) is 0 Å². The quantitative estimate of drug-likeness (QED) is 0.771. The topological polar surface area (TPSA) is 78.9 Å². The second-order valence-electron chi connectivity index (χ2n) is 6.52. The van der Waals surface area contributed by atoms with Gasteiger partial charge in [0.1, 0.15) is 0 Å². The Morgan fingerprint density at radius 1 is 1.30 bits per heavy atom. The SMILES string of the molecule is CN(CC1(O)CCOCC1)C(=O)CNC(=O)C(C)(C)C. The summed E-state index contributed by atoms with van der Waals surface area (Å²) in [6.45, 7) is 6.63. The van der Waals surface area contributed by atoms with Crippen LogP contribution >= 0.6 is 0 Å².